The summed E-state index contributed by atoms with van der Waals surface area (Å²) in [5, 5.41) is 9.09. The molecule has 92 valence electrons. The number of rotatable bonds is 2. The predicted molar refractivity (Wildman–Crippen MR) is 62.8 cm³/mol. The SMILES string of the molecule is CC1(C)C(C(=O)N2CCC(CO)C2)C1(C)C. The fourth-order valence-corrected chi connectivity index (χ4v) is 3.18. The molecular weight excluding hydrogens is 202 g/mol. The van der Waals surface area contributed by atoms with Gasteiger partial charge in [-0.05, 0) is 17.3 Å². The van der Waals surface area contributed by atoms with E-state index >= 15 is 0 Å². The molecule has 0 radical (unpaired) electrons. The van der Waals surface area contributed by atoms with Gasteiger partial charge in [0.05, 0.1) is 0 Å². The quantitative estimate of drug-likeness (QED) is 0.774. The normalized spacial score (nSPS) is 31.8. The van der Waals surface area contributed by atoms with Crippen molar-refractivity contribution in [2.75, 3.05) is 19.7 Å². The van der Waals surface area contributed by atoms with E-state index in [4.69, 9.17) is 5.11 Å². The highest BCUT2D eigenvalue weighted by atomic mass is 16.3. The lowest BCUT2D eigenvalue weighted by atomic mass is 10.0. The summed E-state index contributed by atoms with van der Waals surface area (Å²) in [6.07, 6.45) is 0.954. The maximum Gasteiger partial charge on any atom is 0.226 e. The van der Waals surface area contributed by atoms with Gasteiger partial charge >= 0.3 is 0 Å². The largest absolute Gasteiger partial charge is 0.396 e. The second-order valence-corrected chi connectivity index (χ2v) is 6.50. The minimum Gasteiger partial charge on any atom is -0.396 e. The van der Waals surface area contributed by atoms with E-state index in [1.165, 1.54) is 0 Å². The molecule has 1 amide bonds. The Labute approximate surface area is 97.8 Å². The molecule has 0 aromatic carbocycles. The third kappa shape index (κ3) is 1.48. The van der Waals surface area contributed by atoms with Gasteiger partial charge in [-0.15, -0.1) is 0 Å². The van der Waals surface area contributed by atoms with E-state index in [0.29, 0.717) is 11.8 Å². The van der Waals surface area contributed by atoms with Crippen molar-refractivity contribution in [1.82, 2.24) is 4.90 Å². The highest BCUT2D eigenvalue weighted by Gasteiger charge is 2.68. The maximum absolute atomic E-state index is 12.3. The van der Waals surface area contributed by atoms with Gasteiger partial charge in [0.15, 0.2) is 0 Å². The van der Waals surface area contributed by atoms with Gasteiger partial charge in [-0.2, -0.15) is 0 Å². The zero-order valence-electron chi connectivity index (χ0n) is 10.8. The summed E-state index contributed by atoms with van der Waals surface area (Å²) in [6, 6.07) is 0. The molecule has 1 aliphatic carbocycles. The van der Waals surface area contributed by atoms with Crippen molar-refractivity contribution < 1.29 is 9.90 Å². The lowest BCUT2D eigenvalue weighted by Crippen LogP contribution is -2.32. The van der Waals surface area contributed by atoms with Crippen LogP contribution in [0, 0.1) is 22.7 Å². The van der Waals surface area contributed by atoms with Crippen LogP contribution < -0.4 is 0 Å². The zero-order chi connectivity index (χ0) is 12.1. The molecule has 0 bridgehead atoms. The monoisotopic (exact) mass is 225 g/mol. The van der Waals surface area contributed by atoms with Crippen molar-refractivity contribution in [2.24, 2.45) is 22.7 Å². The molecule has 2 fully saturated rings. The van der Waals surface area contributed by atoms with Crippen LogP contribution in [0.25, 0.3) is 0 Å². The lowest BCUT2D eigenvalue weighted by molar-refractivity contribution is -0.132. The molecular formula is C13H23NO2. The molecule has 3 heteroatoms. The van der Waals surface area contributed by atoms with Gasteiger partial charge in [0.1, 0.15) is 0 Å². The molecule has 1 aliphatic heterocycles. The Bertz CT molecular complexity index is 295. The van der Waals surface area contributed by atoms with E-state index in [-0.39, 0.29) is 23.4 Å². The van der Waals surface area contributed by atoms with E-state index < -0.39 is 0 Å². The molecule has 3 nitrogen and oxygen atoms in total. The van der Waals surface area contributed by atoms with Crippen LogP contribution in [0.2, 0.25) is 0 Å². The highest BCUT2D eigenvalue weighted by Crippen LogP contribution is 2.68. The smallest absolute Gasteiger partial charge is 0.226 e. The highest BCUT2D eigenvalue weighted by molar-refractivity contribution is 5.84. The van der Waals surface area contributed by atoms with Gasteiger partial charge in [0.2, 0.25) is 5.91 Å². The van der Waals surface area contributed by atoms with Crippen molar-refractivity contribution >= 4 is 5.91 Å². The van der Waals surface area contributed by atoms with Crippen molar-refractivity contribution in [1.29, 1.82) is 0 Å². The minimum atomic E-state index is 0.126. The number of carbonyl (C=O) groups is 1. The summed E-state index contributed by atoms with van der Waals surface area (Å²) in [5.41, 5.74) is 0.253. The van der Waals surface area contributed by atoms with Crippen LogP contribution in [0.4, 0.5) is 0 Å². The Hall–Kier alpha value is -0.570. The summed E-state index contributed by atoms with van der Waals surface area (Å²) in [4.78, 5) is 14.3. The molecule has 16 heavy (non-hydrogen) atoms. The van der Waals surface area contributed by atoms with Crippen molar-refractivity contribution in [2.45, 2.75) is 34.1 Å². The fraction of sp³-hybridized carbons (Fsp3) is 0.923. The van der Waals surface area contributed by atoms with Gasteiger partial charge in [-0.3, -0.25) is 4.79 Å². The average molecular weight is 225 g/mol. The number of hydrogen-bond donors (Lipinski definition) is 1. The number of amides is 1. The molecule has 1 atom stereocenters. The number of aliphatic hydroxyl groups is 1. The fourth-order valence-electron chi connectivity index (χ4n) is 3.18. The summed E-state index contributed by atoms with van der Waals surface area (Å²) < 4.78 is 0. The van der Waals surface area contributed by atoms with Crippen molar-refractivity contribution in [3.63, 3.8) is 0 Å². The number of hydrogen-bond acceptors (Lipinski definition) is 2. The Kier molecular flexibility index (Phi) is 2.57. The third-order valence-electron chi connectivity index (χ3n) is 5.12. The van der Waals surface area contributed by atoms with Gasteiger partial charge < -0.3 is 10.0 Å². The summed E-state index contributed by atoms with van der Waals surface area (Å²) in [6.45, 7) is 10.5. The van der Waals surface area contributed by atoms with Crippen LogP contribution in [0.1, 0.15) is 34.1 Å². The summed E-state index contributed by atoms with van der Waals surface area (Å²) in [7, 11) is 0. The van der Waals surface area contributed by atoms with Gasteiger partial charge in [0.25, 0.3) is 0 Å². The number of nitrogens with zero attached hydrogens (tertiary/aromatic N) is 1. The van der Waals surface area contributed by atoms with Crippen LogP contribution in [0.3, 0.4) is 0 Å². The molecule has 1 saturated carbocycles. The van der Waals surface area contributed by atoms with Crippen molar-refractivity contribution in [3.05, 3.63) is 0 Å². The van der Waals surface area contributed by atoms with E-state index in [1.54, 1.807) is 0 Å². The van der Waals surface area contributed by atoms with Gasteiger partial charge in [-0.1, -0.05) is 27.7 Å². The first-order valence-electron chi connectivity index (χ1n) is 6.22. The molecule has 2 rings (SSSR count). The summed E-state index contributed by atoms with van der Waals surface area (Å²) >= 11 is 0. The first kappa shape index (κ1) is 11.9. The summed E-state index contributed by atoms with van der Waals surface area (Å²) in [5.74, 6) is 0.761. The van der Waals surface area contributed by atoms with Gasteiger partial charge in [0, 0.05) is 31.5 Å². The van der Waals surface area contributed by atoms with E-state index in [2.05, 4.69) is 27.7 Å². The van der Waals surface area contributed by atoms with Gasteiger partial charge in [-0.25, -0.2) is 0 Å². The predicted octanol–water partition coefficient (Wildman–Crippen LogP) is 1.51. The maximum atomic E-state index is 12.3. The Morgan fingerprint density at radius 3 is 2.25 bits per heavy atom. The second kappa shape index (κ2) is 3.46. The van der Waals surface area contributed by atoms with Crippen LogP contribution in [-0.4, -0.2) is 35.6 Å². The van der Waals surface area contributed by atoms with Crippen molar-refractivity contribution in [3.8, 4) is 0 Å². The topological polar surface area (TPSA) is 40.5 Å². The molecule has 1 saturated heterocycles. The zero-order valence-corrected chi connectivity index (χ0v) is 10.8. The van der Waals surface area contributed by atoms with Crippen LogP contribution in [0.5, 0.6) is 0 Å². The molecule has 1 heterocycles. The molecule has 0 spiro atoms. The van der Waals surface area contributed by atoms with Crippen LogP contribution in [-0.2, 0) is 4.79 Å². The Balaban J connectivity index is 2.01. The first-order valence-corrected chi connectivity index (χ1v) is 6.22. The average Bonchev–Trinajstić information content (AvgIpc) is 2.59. The molecule has 1 N–H and O–H groups in total. The minimum absolute atomic E-state index is 0.126. The van der Waals surface area contributed by atoms with Crippen LogP contribution >= 0.6 is 0 Å². The number of aliphatic hydroxyl groups excluding tert-OH is 1. The van der Waals surface area contributed by atoms with E-state index in [1.807, 2.05) is 4.90 Å². The van der Waals surface area contributed by atoms with E-state index in [0.717, 1.165) is 19.5 Å². The molecule has 1 unspecified atom stereocenters. The number of carbonyl (C=O) groups excluding carboxylic acids is 1. The van der Waals surface area contributed by atoms with Crippen LogP contribution in [0.15, 0.2) is 0 Å². The first-order chi connectivity index (χ1) is 7.32. The Morgan fingerprint density at radius 1 is 1.31 bits per heavy atom. The lowest BCUT2D eigenvalue weighted by Gasteiger charge is -2.17. The Morgan fingerprint density at radius 2 is 1.88 bits per heavy atom. The molecule has 0 aromatic heterocycles. The third-order valence-corrected chi connectivity index (χ3v) is 5.12. The van der Waals surface area contributed by atoms with E-state index in [9.17, 15) is 4.79 Å². The number of likely N-dealkylation sites (tertiary alicyclic amines) is 1. The molecule has 2 aliphatic rings. The molecule has 0 aromatic rings. The standard InChI is InChI=1S/C13H23NO2/c1-12(2)10(13(12,3)4)11(16)14-6-5-9(7-14)8-15/h9-10,15H,5-8H2,1-4H3. The second-order valence-electron chi connectivity index (χ2n) is 6.50.